The van der Waals surface area contributed by atoms with Gasteiger partial charge in [-0.25, -0.2) is 0 Å². The van der Waals surface area contributed by atoms with Gasteiger partial charge < -0.3 is 5.32 Å². The minimum atomic E-state index is 0.985. The number of hydrogen-bond acceptors (Lipinski definition) is 2. The van der Waals surface area contributed by atoms with Crippen LogP contribution in [-0.2, 0) is 0 Å². The average molecular weight is 224 g/mol. The van der Waals surface area contributed by atoms with Crippen LogP contribution >= 0.6 is 0 Å². The van der Waals surface area contributed by atoms with E-state index < -0.39 is 0 Å². The highest BCUT2D eigenvalue weighted by molar-refractivity contribution is 5.00. The van der Waals surface area contributed by atoms with Gasteiger partial charge in [0.25, 0.3) is 0 Å². The lowest BCUT2D eigenvalue weighted by atomic mass is 10.2. The standard InChI is InChI=1S/C14H28N2/c1-4-8-15-10-13(3)11-16(9-5-2)12-14-6-7-14/h14-15H,3-12H2,1-2H3. The van der Waals surface area contributed by atoms with Crippen LogP contribution in [0.1, 0.15) is 39.5 Å². The van der Waals surface area contributed by atoms with E-state index in [-0.39, 0.29) is 0 Å². The molecule has 0 bridgehead atoms. The Morgan fingerprint density at radius 3 is 2.62 bits per heavy atom. The van der Waals surface area contributed by atoms with Gasteiger partial charge in [-0.15, -0.1) is 0 Å². The zero-order valence-corrected chi connectivity index (χ0v) is 11.1. The maximum Gasteiger partial charge on any atom is 0.0202 e. The summed E-state index contributed by atoms with van der Waals surface area (Å²) in [5, 5.41) is 3.43. The molecule has 0 heterocycles. The molecule has 1 fully saturated rings. The summed E-state index contributed by atoms with van der Waals surface area (Å²) in [5.74, 6) is 0.989. The van der Waals surface area contributed by atoms with Crippen molar-refractivity contribution in [2.75, 3.05) is 32.7 Å². The van der Waals surface area contributed by atoms with Gasteiger partial charge in [-0.3, -0.25) is 4.90 Å². The van der Waals surface area contributed by atoms with Crippen molar-refractivity contribution in [3.8, 4) is 0 Å². The van der Waals surface area contributed by atoms with E-state index in [1.54, 1.807) is 0 Å². The molecule has 0 aromatic rings. The van der Waals surface area contributed by atoms with E-state index in [2.05, 4.69) is 30.6 Å². The summed E-state index contributed by atoms with van der Waals surface area (Å²) in [6.07, 6.45) is 5.35. The first kappa shape index (κ1) is 13.7. The summed E-state index contributed by atoms with van der Waals surface area (Å²) < 4.78 is 0. The molecule has 0 radical (unpaired) electrons. The Labute approximate surface area is 101 Å². The molecule has 0 unspecified atom stereocenters. The van der Waals surface area contributed by atoms with Crippen molar-refractivity contribution in [2.24, 2.45) is 5.92 Å². The topological polar surface area (TPSA) is 15.3 Å². The van der Waals surface area contributed by atoms with E-state index in [0.29, 0.717) is 0 Å². The van der Waals surface area contributed by atoms with Gasteiger partial charge in [-0.2, -0.15) is 0 Å². The first-order chi connectivity index (χ1) is 7.76. The fraction of sp³-hybridized carbons (Fsp3) is 0.857. The molecule has 1 N–H and O–H groups in total. The molecular weight excluding hydrogens is 196 g/mol. The molecule has 1 aliphatic rings. The molecule has 0 amide bonds. The van der Waals surface area contributed by atoms with Crippen LogP contribution in [0.25, 0.3) is 0 Å². The van der Waals surface area contributed by atoms with Crippen molar-refractivity contribution < 1.29 is 0 Å². The van der Waals surface area contributed by atoms with E-state index in [1.807, 2.05) is 0 Å². The molecule has 0 aliphatic heterocycles. The largest absolute Gasteiger partial charge is 0.313 e. The zero-order valence-electron chi connectivity index (χ0n) is 11.1. The number of hydrogen-bond donors (Lipinski definition) is 1. The second kappa shape index (κ2) is 7.86. The van der Waals surface area contributed by atoms with Crippen LogP contribution in [0.3, 0.4) is 0 Å². The fourth-order valence-electron chi connectivity index (χ4n) is 2.03. The normalized spacial score (nSPS) is 15.7. The van der Waals surface area contributed by atoms with Crippen LogP contribution in [-0.4, -0.2) is 37.6 Å². The number of nitrogens with zero attached hydrogens (tertiary/aromatic N) is 1. The Morgan fingerprint density at radius 2 is 2.06 bits per heavy atom. The maximum atomic E-state index is 4.17. The Kier molecular flexibility index (Phi) is 6.74. The molecule has 0 saturated heterocycles. The maximum absolute atomic E-state index is 4.17. The summed E-state index contributed by atoms with van der Waals surface area (Å²) in [6, 6.07) is 0. The predicted octanol–water partition coefficient (Wildman–Crippen LogP) is 2.66. The Hall–Kier alpha value is -0.340. The smallest absolute Gasteiger partial charge is 0.0202 e. The van der Waals surface area contributed by atoms with E-state index in [9.17, 15) is 0 Å². The average Bonchev–Trinajstić information content (AvgIpc) is 3.02. The van der Waals surface area contributed by atoms with Gasteiger partial charge in [-0.1, -0.05) is 20.4 Å². The second-order valence-corrected chi connectivity index (χ2v) is 5.11. The minimum absolute atomic E-state index is 0.985. The van der Waals surface area contributed by atoms with Gasteiger partial charge in [0.05, 0.1) is 0 Å². The third kappa shape index (κ3) is 6.29. The SMILES string of the molecule is C=C(CNCCC)CN(CCC)CC1CC1. The molecule has 2 heteroatoms. The zero-order chi connectivity index (χ0) is 11.8. The minimum Gasteiger partial charge on any atom is -0.313 e. The highest BCUT2D eigenvalue weighted by Crippen LogP contribution is 2.29. The van der Waals surface area contributed by atoms with Crippen molar-refractivity contribution in [3.63, 3.8) is 0 Å². The van der Waals surface area contributed by atoms with Crippen LogP contribution < -0.4 is 5.32 Å². The van der Waals surface area contributed by atoms with Gasteiger partial charge in [0.1, 0.15) is 0 Å². The molecule has 0 aromatic carbocycles. The summed E-state index contributed by atoms with van der Waals surface area (Å²) >= 11 is 0. The van der Waals surface area contributed by atoms with Crippen LogP contribution in [0.5, 0.6) is 0 Å². The molecule has 16 heavy (non-hydrogen) atoms. The quantitative estimate of drug-likeness (QED) is 0.453. The Morgan fingerprint density at radius 1 is 1.31 bits per heavy atom. The molecular formula is C14H28N2. The third-order valence-corrected chi connectivity index (χ3v) is 3.00. The molecule has 0 atom stereocenters. The third-order valence-electron chi connectivity index (χ3n) is 3.00. The van der Waals surface area contributed by atoms with Gasteiger partial charge in [0.15, 0.2) is 0 Å². The van der Waals surface area contributed by atoms with Crippen molar-refractivity contribution in [1.82, 2.24) is 10.2 Å². The highest BCUT2D eigenvalue weighted by Gasteiger charge is 2.23. The molecule has 0 spiro atoms. The van der Waals surface area contributed by atoms with E-state index in [4.69, 9.17) is 0 Å². The lowest BCUT2D eigenvalue weighted by molar-refractivity contribution is 0.283. The van der Waals surface area contributed by atoms with Crippen LogP contribution in [0.2, 0.25) is 0 Å². The van der Waals surface area contributed by atoms with Crippen LogP contribution in [0.4, 0.5) is 0 Å². The predicted molar refractivity (Wildman–Crippen MR) is 71.8 cm³/mol. The van der Waals surface area contributed by atoms with E-state index in [0.717, 1.165) is 25.6 Å². The van der Waals surface area contributed by atoms with Gasteiger partial charge in [-0.05, 0) is 50.3 Å². The number of nitrogens with one attached hydrogen (secondary N) is 1. The molecule has 1 saturated carbocycles. The van der Waals surface area contributed by atoms with Crippen molar-refractivity contribution in [3.05, 3.63) is 12.2 Å². The summed E-state index contributed by atoms with van der Waals surface area (Å²) in [6.45, 7) is 14.3. The summed E-state index contributed by atoms with van der Waals surface area (Å²) in [7, 11) is 0. The van der Waals surface area contributed by atoms with Gasteiger partial charge in [0, 0.05) is 19.6 Å². The Bertz CT molecular complexity index is 197. The van der Waals surface area contributed by atoms with Crippen LogP contribution in [0.15, 0.2) is 12.2 Å². The second-order valence-electron chi connectivity index (χ2n) is 5.11. The van der Waals surface area contributed by atoms with Crippen molar-refractivity contribution in [2.45, 2.75) is 39.5 Å². The highest BCUT2D eigenvalue weighted by atomic mass is 15.1. The fourth-order valence-corrected chi connectivity index (χ4v) is 2.03. The van der Waals surface area contributed by atoms with Crippen molar-refractivity contribution >= 4 is 0 Å². The first-order valence-electron chi connectivity index (χ1n) is 6.86. The van der Waals surface area contributed by atoms with Crippen LogP contribution in [0, 0.1) is 5.92 Å². The number of rotatable bonds is 10. The first-order valence-corrected chi connectivity index (χ1v) is 6.86. The molecule has 2 nitrogen and oxygen atoms in total. The lowest BCUT2D eigenvalue weighted by Gasteiger charge is -2.22. The van der Waals surface area contributed by atoms with E-state index in [1.165, 1.54) is 44.3 Å². The van der Waals surface area contributed by atoms with Crippen molar-refractivity contribution in [1.29, 1.82) is 0 Å². The van der Waals surface area contributed by atoms with E-state index >= 15 is 0 Å². The molecule has 94 valence electrons. The van der Waals surface area contributed by atoms with Gasteiger partial charge >= 0.3 is 0 Å². The molecule has 0 aromatic heterocycles. The lowest BCUT2D eigenvalue weighted by Crippen LogP contribution is -2.31. The summed E-state index contributed by atoms with van der Waals surface area (Å²) in [4.78, 5) is 2.58. The summed E-state index contributed by atoms with van der Waals surface area (Å²) in [5.41, 5.74) is 1.34. The molecule has 1 rings (SSSR count). The molecule has 1 aliphatic carbocycles. The monoisotopic (exact) mass is 224 g/mol. The Balaban J connectivity index is 2.15. The van der Waals surface area contributed by atoms with Gasteiger partial charge in [0.2, 0.25) is 0 Å².